The SMILES string of the molecule is COc1cccc(N(C)Cc2ccc3c(c2)NCC3)c1. The molecule has 0 spiro atoms. The molecule has 1 aliphatic heterocycles. The third-order valence-corrected chi connectivity index (χ3v) is 3.80. The Balaban J connectivity index is 1.76. The van der Waals surface area contributed by atoms with Crippen molar-refractivity contribution in [3.8, 4) is 5.75 Å². The van der Waals surface area contributed by atoms with Crippen molar-refractivity contribution >= 4 is 11.4 Å². The standard InChI is InChI=1S/C17H20N2O/c1-19(15-4-3-5-16(11-15)20-2)12-13-6-7-14-8-9-18-17(14)10-13/h3-7,10-11,18H,8-9,12H2,1-2H3. The fourth-order valence-electron chi connectivity index (χ4n) is 2.65. The van der Waals surface area contributed by atoms with Gasteiger partial charge in [0.1, 0.15) is 5.75 Å². The molecule has 3 nitrogen and oxygen atoms in total. The number of fused-ring (bicyclic) bond motifs is 1. The normalized spacial score (nSPS) is 12.7. The highest BCUT2D eigenvalue weighted by atomic mass is 16.5. The zero-order chi connectivity index (χ0) is 13.9. The van der Waals surface area contributed by atoms with Crippen LogP contribution in [0.3, 0.4) is 0 Å². The lowest BCUT2D eigenvalue weighted by Crippen LogP contribution is -2.16. The largest absolute Gasteiger partial charge is 0.497 e. The Morgan fingerprint density at radius 1 is 1.20 bits per heavy atom. The molecule has 104 valence electrons. The van der Waals surface area contributed by atoms with E-state index in [2.05, 4.69) is 47.6 Å². The van der Waals surface area contributed by atoms with Gasteiger partial charge < -0.3 is 15.0 Å². The summed E-state index contributed by atoms with van der Waals surface area (Å²) in [5.41, 5.74) is 5.21. The van der Waals surface area contributed by atoms with E-state index < -0.39 is 0 Å². The average Bonchev–Trinajstić information content (AvgIpc) is 2.95. The van der Waals surface area contributed by atoms with Gasteiger partial charge in [0.25, 0.3) is 0 Å². The number of hydrogen-bond donors (Lipinski definition) is 1. The Morgan fingerprint density at radius 2 is 2.10 bits per heavy atom. The molecule has 3 heteroatoms. The third kappa shape index (κ3) is 2.57. The van der Waals surface area contributed by atoms with Gasteiger partial charge in [0.05, 0.1) is 7.11 Å². The van der Waals surface area contributed by atoms with Crippen LogP contribution in [0.25, 0.3) is 0 Å². The van der Waals surface area contributed by atoms with Crippen molar-refractivity contribution in [1.82, 2.24) is 0 Å². The lowest BCUT2D eigenvalue weighted by Gasteiger charge is -2.20. The zero-order valence-corrected chi connectivity index (χ0v) is 12.0. The first-order valence-corrected chi connectivity index (χ1v) is 6.97. The molecule has 1 aliphatic rings. The minimum atomic E-state index is 0.891. The Bertz CT molecular complexity index is 610. The van der Waals surface area contributed by atoms with Crippen LogP contribution in [-0.4, -0.2) is 20.7 Å². The van der Waals surface area contributed by atoms with Crippen molar-refractivity contribution in [2.24, 2.45) is 0 Å². The van der Waals surface area contributed by atoms with Crippen LogP contribution in [0.2, 0.25) is 0 Å². The van der Waals surface area contributed by atoms with Crippen LogP contribution in [0.1, 0.15) is 11.1 Å². The summed E-state index contributed by atoms with van der Waals surface area (Å²) in [6.07, 6.45) is 1.14. The van der Waals surface area contributed by atoms with Crippen LogP contribution in [0.15, 0.2) is 42.5 Å². The van der Waals surface area contributed by atoms with Crippen LogP contribution in [0.5, 0.6) is 5.75 Å². The van der Waals surface area contributed by atoms with Crippen LogP contribution >= 0.6 is 0 Å². The Kier molecular flexibility index (Phi) is 3.50. The minimum absolute atomic E-state index is 0.891. The fourth-order valence-corrected chi connectivity index (χ4v) is 2.65. The topological polar surface area (TPSA) is 24.5 Å². The minimum Gasteiger partial charge on any atom is -0.497 e. The summed E-state index contributed by atoms with van der Waals surface area (Å²) in [4.78, 5) is 2.24. The highest BCUT2D eigenvalue weighted by Crippen LogP contribution is 2.25. The third-order valence-electron chi connectivity index (χ3n) is 3.80. The van der Waals surface area contributed by atoms with E-state index in [1.54, 1.807) is 7.11 Å². The molecule has 3 rings (SSSR count). The number of nitrogens with one attached hydrogen (secondary N) is 1. The Hall–Kier alpha value is -2.16. The van der Waals surface area contributed by atoms with Crippen LogP contribution in [0.4, 0.5) is 11.4 Å². The van der Waals surface area contributed by atoms with E-state index in [0.717, 1.165) is 30.9 Å². The monoisotopic (exact) mass is 268 g/mol. The van der Waals surface area contributed by atoms with Crippen LogP contribution in [0, 0.1) is 0 Å². The molecule has 20 heavy (non-hydrogen) atoms. The number of anilines is 2. The van der Waals surface area contributed by atoms with Gasteiger partial charge in [-0.25, -0.2) is 0 Å². The second-order valence-electron chi connectivity index (χ2n) is 5.23. The summed E-state index contributed by atoms with van der Waals surface area (Å²) in [7, 11) is 3.81. The molecule has 2 aromatic carbocycles. The molecule has 0 unspecified atom stereocenters. The highest BCUT2D eigenvalue weighted by Gasteiger charge is 2.11. The summed E-state index contributed by atoms with van der Waals surface area (Å²) in [5.74, 6) is 0.893. The maximum Gasteiger partial charge on any atom is 0.120 e. The second kappa shape index (κ2) is 5.45. The van der Waals surface area contributed by atoms with E-state index in [-0.39, 0.29) is 0 Å². The molecule has 0 radical (unpaired) electrons. The molecule has 0 fully saturated rings. The van der Waals surface area contributed by atoms with Crippen LogP contribution in [-0.2, 0) is 13.0 Å². The molecular weight excluding hydrogens is 248 g/mol. The van der Waals surface area contributed by atoms with Gasteiger partial charge in [-0.15, -0.1) is 0 Å². The van der Waals surface area contributed by atoms with E-state index in [4.69, 9.17) is 4.74 Å². The van der Waals surface area contributed by atoms with E-state index in [1.165, 1.54) is 16.8 Å². The van der Waals surface area contributed by atoms with E-state index in [0.29, 0.717) is 0 Å². The molecular formula is C17H20N2O. The van der Waals surface area contributed by atoms with Gasteiger partial charge in [-0.2, -0.15) is 0 Å². The number of hydrogen-bond acceptors (Lipinski definition) is 3. The van der Waals surface area contributed by atoms with Crippen molar-refractivity contribution in [1.29, 1.82) is 0 Å². The van der Waals surface area contributed by atoms with Crippen molar-refractivity contribution in [2.45, 2.75) is 13.0 Å². The van der Waals surface area contributed by atoms with E-state index >= 15 is 0 Å². The zero-order valence-electron chi connectivity index (χ0n) is 12.0. The molecule has 1 heterocycles. The van der Waals surface area contributed by atoms with Crippen molar-refractivity contribution < 1.29 is 4.74 Å². The summed E-state index contributed by atoms with van der Waals surface area (Å²) in [6, 6.07) is 14.9. The molecule has 0 saturated heterocycles. The van der Waals surface area contributed by atoms with Gasteiger partial charge in [0.2, 0.25) is 0 Å². The Labute approximate surface area is 120 Å². The van der Waals surface area contributed by atoms with Gasteiger partial charge in [0, 0.05) is 37.6 Å². The predicted octanol–water partition coefficient (Wildman–Crippen LogP) is 3.30. The number of rotatable bonds is 4. The first-order chi connectivity index (χ1) is 9.76. The van der Waals surface area contributed by atoms with Crippen molar-refractivity contribution in [3.63, 3.8) is 0 Å². The number of methoxy groups -OCH3 is 1. The maximum atomic E-state index is 5.28. The number of nitrogens with zero attached hydrogens (tertiary/aromatic N) is 1. The van der Waals surface area contributed by atoms with Crippen LogP contribution < -0.4 is 15.0 Å². The molecule has 0 bridgehead atoms. The van der Waals surface area contributed by atoms with Crippen molar-refractivity contribution in [3.05, 3.63) is 53.6 Å². The number of ether oxygens (including phenoxy) is 1. The van der Waals surface area contributed by atoms with E-state index in [1.807, 2.05) is 12.1 Å². The van der Waals surface area contributed by atoms with Gasteiger partial charge in [-0.05, 0) is 35.7 Å². The number of benzene rings is 2. The molecule has 0 saturated carbocycles. The molecule has 1 N–H and O–H groups in total. The summed E-state index contributed by atoms with van der Waals surface area (Å²) in [6.45, 7) is 1.95. The summed E-state index contributed by atoms with van der Waals surface area (Å²) < 4.78 is 5.28. The molecule has 0 aliphatic carbocycles. The molecule has 2 aromatic rings. The van der Waals surface area contributed by atoms with Gasteiger partial charge in [0.15, 0.2) is 0 Å². The average molecular weight is 268 g/mol. The quantitative estimate of drug-likeness (QED) is 0.920. The lowest BCUT2D eigenvalue weighted by molar-refractivity contribution is 0.415. The summed E-state index contributed by atoms with van der Waals surface area (Å²) >= 11 is 0. The molecule has 0 atom stereocenters. The fraction of sp³-hybridized carbons (Fsp3) is 0.294. The predicted molar refractivity (Wildman–Crippen MR) is 83.7 cm³/mol. The Morgan fingerprint density at radius 3 is 2.95 bits per heavy atom. The second-order valence-corrected chi connectivity index (χ2v) is 5.23. The highest BCUT2D eigenvalue weighted by molar-refractivity contribution is 5.58. The maximum absolute atomic E-state index is 5.28. The summed E-state index contributed by atoms with van der Waals surface area (Å²) in [5, 5.41) is 3.43. The smallest absolute Gasteiger partial charge is 0.120 e. The van der Waals surface area contributed by atoms with Crippen molar-refractivity contribution in [2.75, 3.05) is 30.9 Å². The van der Waals surface area contributed by atoms with Gasteiger partial charge in [-0.3, -0.25) is 0 Å². The van der Waals surface area contributed by atoms with Gasteiger partial charge in [-0.1, -0.05) is 18.2 Å². The first kappa shape index (κ1) is 12.9. The lowest BCUT2D eigenvalue weighted by atomic mass is 10.1. The molecule has 0 amide bonds. The molecule has 0 aromatic heterocycles. The first-order valence-electron chi connectivity index (χ1n) is 6.97. The van der Waals surface area contributed by atoms with Gasteiger partial charge >= 0.3 is 0 Å². The van der Waals surface area contributed by atoms with E-state index in [9.17, 15) is 0 Å².